The number of rotatable bonds is 2. The van der Waals surface area contributed by atoms with Crippen LogP contribution in [0.15, 0.2) is 133 Å². The van der Waals surface area contributed by atoms with Crippen molar-refractivity contribution >= 4 is 84.6 Å². The molecule has 0 fully saturated rings. The highest BCUT2D eigenvalue weighted by molar-refractivity contribution is 7.29. The van der Waals surface area contributed by atoms with Gasteiger partial charge in [0.1, 0.15) is 0 Å². The second kappa shape index (κ2) is 8.50. The Bertz CT molecular complexity index is 2370. The average Bonchev–Trinajstić information content (AvgIpc) is 3.58. The van der Waals surface area contributed by atoms with Crippen LogP contribution in [0.1, 0.15) is 0 Å². The molecule has 0 saturated carbocycles. The molecule has 0 bridgehead atoms. The molecule has 0 unspecified atom stereocenters. The standard InChI is InChI=1S/C38H22S2/c1-2-10-23(11-3-1)35-25-12-4-6-14-27(25)36(28-15-7-5-13-26(28)35)24-18-20-33-31(22-24)29-19-21-34-37(38(29)40-33)30-16-8-9-17-32(30)39-34/h1-22H. The molecular weight excluding hydrogens is 521 g/mol. The Kier molecular flexibility index (Phi) is 4.74. The first-order chi connectivity index (χ1) is 19.8. The van der Waals surface area contributed by atoms with Crippen LogP contribution in [0.3, 0.4) is 0 Å². The van der Waals surface area contributed by atoms with Gasteiger partial charge in [0.15, 0.2) is 0 Å². The van der Waals surface area contributed by atoms with Crippen LogP contribution < -0.4 is 0 Å². The zero-order valence-electron chi connectivity index (χ0n) is 21.5. The Balaban J connectivity index is 1.38. The van der Waals surface area contributed by atoms with Crippen molar-refractivity contribution in [2.24, 2.45) is 0 Å². The van der Waals surface area contributed by atoms with E-state index in [-0.39, 0.29) is 0 Å². The summed E-state index contributed by atoms with van der Waals surface area (Å²) in [6.07, 6.45) is 0. The van der Waals surface area contributed by atoms with Crippen LogP contribution in [0, 0.1) is 0 Å². The fourth-order valence-corrected chi connectivity index (χ4v) is 8.98. The van der Waals surface area contributed by atoms with Crippen molar-refractivity contribution in [2.45, 2.75) is 0 Å². The van der Waals surface area contributed by atoms with Crippen LogP contribution in [-0.2, 0) is 0 Å². The quantitative estimate of drug-likeness (QED) is 0.191. The van der Waals surface area contributed by atoms with Gasteiger partial charge >= 0.3 is 0 Å². The summed E-state index contributed by atoms with van der Waals surface area (Å²) in [5, 5.41) is 10.7. The molecule has 0 amide bonds. The lowest BCUT2D eigenvalue weighted by molar-refractivity contribution is 1.66. The number of hydrogen-bond donors (Lipinski definition) is 0. The SMILES string of the molecule is c1ccc(-c2c3ccccc3c(-c3ccc4sc5c(ccc6sc7ccccc7c65)c4c3)c3ccccc23)cc1. The Morgan fingerprint density at radius 3 is 1.57 bits per heavy atom. The van der Waals surface area contributed by atoms with E-state index >= 15 is 0 Å². The molecular formula is C38H22S2. The highest BCUT2D eigenvalue weighted by atomic mass is 32.1. The summed E-state index contributed by atoms with van der Waals surface area (Å²) in [5.74, 6) is 0. The van der Waals surface area contributed by atoms with E-state index < -0.39 is 0 Å². The monoisotopic (exact) mass is 542 g/mol. The fraction of sp³-hybridized carbons (Fsp3) is 0. The zero-order chi connectivity index (χ0) is 26.2. The molecule has 0 N–H and O–H groups in total. The molecule has 40 heavy (non-hydrogen) atoms. The highest BCUT2D eigenvalue weighted by Gasteiger charge is 2.18. The topological polar surface area (TPSA) is 0 Å². The third kappa shape index (κ3) is 3.12. The van der Waals surface area contributed by atoms with Gasteiger partial charge in [0.2, 0.25) is 0 Å². The van der Waals surface area contributed by atoms with Crippen molar-refractivity contribution in [1.82, 2.24) is 0 Å². The van der Waals surface area contributed by atoms with Gasteiger partial charge < -0.3 is 0 Å². The summed E-state index contributed by atoms with van der Waals surface area (Å²) in [7, 11) is 0. The summed E-state index contributed by atoms with van der Waals surface area (Å²) >= 11 is 3.82. The van der Waals surface area contributed by atoms with Gasteiger partial charge in [0.05, 0.1) is 0 Å². The summed E-state index contributed by atoms with van der Waals surface area (Å²) in [4.78, 5) is 0. The van der Waals surface area contributed by atoms with Crippen molar-refractivity contribution in [3.8, 4) is 22.3 Å². The van der Waals surface area contributed by atoms with Crippen molar-refractivity contribution in [3.05, 3.63) is 133 Å². The highest BCUT2D eigenvalue weighted by Crippen LogP contribution is 2.47. The summed E-state index contributed by atoms with van der Waals surface area (Å²) in [6, 6.07) is 49.2. The minimum atomic E-state index is 1.26. The van der Waals surface area contributed by atoms with Gasteiger partial charge in [-0.3, -0.25) is 0 Å². The predicted octanol–water partition coefficient (Wildman–Crippen LogP) is 12.1. The lowest BCUT2D eigenvalue weighted by Gasteiger charge is -2.17. The van der Waals surface area contributed by atoms with Crippen molar-refractivity contribution in [2.75, 3.05) is 0 Å². The second-order valence-electron chi connectivity index (χ2n) is 10.4. The maximum Gasteiger partial charge on any atom is 0.0448 e. The molecule has 0 nitrogen and oxygen atoms in total. The first-order valence-electron chi connectivity index (χ1n) is 13.6. The van der Waals surface area contributed by atoms with Crippen LogP contribution >= 0.6 is 22.7 Å². The molecule has 0 aliphatic carbocycles. The first kappa shape index (κ1) is 22.3. The van der Waals surface area contributed by atoms with E-state index in [0.717, 1.165) is 0 Å². The number of benzene rings is 7. The third-order valence-electron chi connectivity index (χ3n) is 8.26. The lowest BCUT2D eigenvalue weighted by Crippen LogP contribution is -1.90. The van der Waals surface area contributed by atoms with Gasteiger partial charge in [-0.1, -0.05) is 109 Å². The number of thiophene rings is 2. The van der Waals surface area contributed by atoms with Crippen LogP contribution in [0.5, 0.6) is 0 Å². The summed E-state index contributed by atoms with van der Waals surface area (Å²) in [5.41, 5.74) is 5.15. The van der Waals surface area contributed by atoms with Gasteiger partial charge in [0, 0.05) is 40.3 Å². The summed E-state index contributed by atoms with van der Waals surface area (Å²) in [6.45, 7) is 0. The fourth-order valence-electron chi connectivity index (χ4n) is 6.55. The van der Waals surface area contributed by atoms with Crippen molar-refractivity contribution in [3.63, 3.8) is 0 Å². The van der Waals surface area contributed by atoms with Gasteiger partial charge in [-0.15, -0.1) is 22.7 Å². The molecule has 2 heteroatoms. The lowest BCUT2D eigenvalue weighted by atomic mass is 9.86. The van der Waals surface area contributed by atoms with Crippen LogP contribution in [0.25, 0.3) is 84.1 Å². The third-order valence-corrected chi connectivity index (χ3v) is 10.6. The average molecular weight is 543 g/mol. The van der Waals surface area contributed by atoms with Crippen molar-refractivity contribution in [1.29, 1.82) is 0 Å². The van der Waals surface area contributed by atoms with Gasteiger partial charge in [-0.2, -0.15) is 0 Å². The first-order valence-corrected chi connectivity index (χ1v) is 15.2. The molecule has 0 aliphatic heterocycles. The largest absolute Gasteiger partial charge is 0.135 e. The second-order valence-corrected chi connectivity index (χ2v) is 12.6. The Morgan fingerprint density at radius 2 is 0.875 bits per heavy atom. The van der Waals surface area contributed by atoms with E-state index in [1.807, 2.05) is 22.7 Å². The molecule has 0 atom stereocenters. The van der Waals surface area contributed by atoms with E-state index in [0.29, 0.717) is 0 Å². The smallest absolute Gasteiger partial charge is 0.0448 e. The molecule has 0 spiro atoms. The van der Waals surface area contributed by atoms with Gasteiger partial charge in [-0.05, 0) is 68.1 Å². The van der Waals surface area contributed by atoms with Gasteiger partial charge in [0.25, 0.3) is 0 Å². The van der Waals surface area contributed by atoms with E-state index in [9.17, 15) is 0 Å². The number of fused-ring (bicyclic) bond motifs is 9. The molecule has 186 valence electrons. The Labute approximate surface area is 239 Å². The normalized spacial score (nSPS) is 12.0. The minimum absolute atomic E-state index is 1.26. The molecule has 9 rings (SSSR count). The molecule has 2 heterocycles. The molecule has 7 aromatic carbocycles. The molecule has 0 radical (unpaired) electrons. The molecule has 9 aromatic rings. The van der Waals surface area contributed by atoms with Crippen LogP contribution in [0.2, 0.25) is 0 Å². The predicted molar refractivity (Wildman–Crippen MR) is 178 cm³/mol. The van der Waals surface area contributed by atoms with E-state index in [1.165, 1.54) is 84.1 Å². The van der Waals surface area contributed by atoms with Crippen molar-refractivity contribution < 1.29 is 0 Å². The minimum Gasteiger partial charge on any atom is -0.135 e. The Hall–Kier alpha value is -4.50. The molecule has 2 aromatic heterocycles. The molecule has 0 saturated heterocycles. The van der Waals surface area contributed by atoms with Crippen LogP contribution in [0.4, 0.5) is 0 Å². The molecule has 0 aliphatic rings. The zero-order valence-corrected chi connectivity index (χ0v) is 23.2. The Morgan fingerprint density at radius 1 is 0.325 bits per heavy atom. The number of hydrogen-bond acceptors (Lipinski definition) is 2. The van der Waals surface area contributed by atoms with Crippen LogP contribution in [-0.4, -0.2) is 0 Å². The van der Waals surface area contributed by atoms with E-state index in [4.69, 9.17) is 0 Å². The summed E-state index contributed by atoms with van der Waals surface area (Å²) < 4.78 is 5.47. The van der Waals surface area contributed by atoms with Gasteiger partial charge in [-0.25, -0.2) is 0 Å². The van der Waals surface area contributed by atoms with E-state index in [2.05, 4.69) is 133 Å². The van der Waals surface area contributed by atoms with E-state index in [1.54, 1.807) is 0 Å². The maximum atomic E-state index is 2.44. The maximum absolute atomic E-state index is 2.44.